The standard InChI is InChI=1S/C15H14FN3O3/c1-2-18-10-11(9-17)14(20)19(15(18)21)7-8-22-13-6-4-3-5-12(13)16/h3-6,10H,2,7-8H2,1H3. The van der Waals surface area contributed by atoms with Crippen molar-refractivity contribution in [3.8, 4) is 11.8 Å². The van der Waals surface area contributed by atoms with E-state index in [4.69, 9.17) is 10.00 Å². The number of halogens is 1. The lowest BCUT2D eigenvalue weighted by molar-refractivity contribution is 0.278. The predicted molar refractivity (Wildman–Crippen MR) is 77.2 cm³/mol. The van der Waals surface area contributed by atoms with Crippen LogP contribution >= 0.6 is 0 Å². The van der Waals surface area contributed by atoms with Gasteiger partial charge in [-0.05, 0) is 19.1 Å². The van der Waals surface area contributed by atoms with Crippen LogP contribution in [0.2, 0.25) is 0 Å². The highest BCUT2D eigenvalue weighted by Gasteiger charge is 2.11. The second kappa shape index (κ2) is 6.72. The smallest absolute Gasteiger partial charge is 0.331 e. The summed E-state index contributed by atoms with van der Waals surface area (Å²) >= 11 is 0. The summed E-state index contributed by atoms with van der Waals surface area (Å²) in [7, 11) is 0. The highest BCUT2D eigenvalue weighted by atomic mass is 19.1. The molecule has 0 bridgehead atoms. The Morgan fingerprint density at radius 1 is 1.32 bits per heavy atom. The monoisotopic (exact) mass is 303 g/mol. The first kappa shape index (κ1) is 15.5. The normalized spacial score (nSPS) is 10.2. The zero-order valence-corrected chi connectivity index (χ0v) is 12.0. The Kier molecular flexibility index (Phi) is 4.73. The zero-order chi connectivity index (χ0) is 16.1. The first-order valence-corrected chi connectivity index (χ1v) is 6.70. The third-order valence-electron chi connectivity index (χ3n) is 3.11. The molecule has 0 saturated heterocycles. The van der Waals surface area contributed by atoms with Crippen molar-refractivity contribution in [3.05, 3.63) is 62.7 Å². The Labute approximate surface area is 125 Å². The van der Waals surface area contributed by atoms with Crippen molar-refractivity contribution in [3.63, 3.8) is 0 Å². The van der Waals surface area contributed by atoms with E-state index in [1.165, 1.54) is 29.0 Å². The van der Waals surface area contributed by atoms with Gasteiger partial charge < -0.3 is 4.74 Å². The summed E-state index contributed by atoms with van der Waals surface area (Å²) in [5, 5.41) is 8.93. The van der Waals surface area contributed by atoms with Crippen LogP contribution in [0.5, 0.6) is 5.75 Å². The molecule has 0 atom stereocenters. The first-order valence-electron chi connectivity index (χ1n) is 6.70. The molecule has 0 aliphatic heterocycles. The molecule has 1 aromatic carbocycles. The van der Waals surface area contributed by atoms with Crippen LogP contribution in [-0.2, 0) is 13.1 Å². The lowest BCUT2D eigenvalue weighted by Crippen LogP contribution is -2.41. The molecule has 0 spiro atoms. The third-order valence-corrected chi connectivity index (χ3v) is 3.11. The summed E-state index contributed by atoms with van der Waals surface area (Å²) in [6.07, 6.45) is 1.24. The molecule has 2 aromatic rings. The first-order chi connectivity index (χ1) is 10.6. The Balaban J connectivity index is 2.23. The summed E-state index contributed by atoms with van der Waals surface area (Å²) in [6.45, 7) is 1.94. The number of aryl methyl sites for hydroxylation is 1. The van der Waals surface area contributed by atoms with Crippen LogP contribution in [0.3, 0.4) is 0 Å². The summed E-state index contributed by atoms with van der Waals surface area (Å²) in [5.74, 6) is -0.477. The average molecular weight is 303 g/mol. The number of ether oxygens (including phenoxy) is 1. The molecular formula is C15H14FN3O3. The summed E-state index contributed by atoms with van der Waals surface area (Å²) in [5.41, 5.74) is -1.31. The maximum atomic E-state index is 13.4. The van der Waals surface area contributed by atoms with E-state index in [0.29, 0.717) is 6.54 Å². The highest BCUT2D eigenvalue weighted by Crippen LogP contribution is 2.14. The van der Waals surface area contributed by atoms with Gasteiger partial charge in [0.15, 0.2) is 11.6 Å². The Hall–Kier alpha value is -2.88. The van der Waals surface area contributed by atoms with Gasteiger partial charge in [-0.25, -0.2) is 9.18 Å². The molecule has 0 radical (unpaired) electrons. The van der Waals surface area contributed by atoms with Crippen LogP contribution in [-0.4, -0.2) is 15.7 Å². The van der Waals surface area contributed by atoms with Crippen LogP contribution in [0, 0.1) is 17.1 Å². The van der Waals surface area contributed by atoms with E-state index in [0.717, 1.165) is 4.57 Å². The molecule has 114 valence electrons. The van der Waals surface area contributed by atoms with Gasteiger partial charge in [-0.3, -0.25) is 13.9 Å². The molecule has 1 heterocycles. The van der Waals surface area contributed by atoms with Crippen molar-refractivity contribution in [2.24, 2.45) is 0 Å². The minimum absolute atomic E-state index is 0.0443. The minimum atomic E-state index is -0.672. The summed E-state index contributed by atoms with van der Waals surface area (Å²) < 4.78 is 20.8. The largest absolute Gasteiger partial charge is 0.489 e. The van der Waals surface area contributed by atoms with E-state index in [1.807, 2.05) is 0 Å². The van der Waals surface area contributed by atoms with Crippen molar-refractivity contribution in [2.75, 3.05) is 6.61 Å². The van der Waals surface area contributed by atoms with Crippen molar-refractivity contribution >= 4 is 0 Å². The Bertz CT molecular complexity index is 833. The number of hydrogen-bond acceptors (Lipinski definition) is 4. The number of aromatic nitrogens is 2. The zero-order valence-electron chi connectivity index (χ0n) is 12.0. The molecule has 0 aliphatic carbocycles. The molecular weight excluding hydrogens is 289 g/mol. The van der Waals surface area contributed by atoms with E-state index >= 15 is 0 Å². The minimum Gasteiger partial charge on any atom is -0.489 e. The quantitative estimate of drug-likeness (QED) is 0.829. The molecule has 22 heavy (non-hydrogen) atoms. The predicted octanol–water partition coefficient (Wildman–Crippen LogP) is 1.12. The molecule has 0 fully saturated rings. The third kappa shape index (κ3) is 3.06. The molecule has 0 N–H and O–H groups in total. The van der Waals surface area contributed by atoms with Crippen molar-refractivity contribution in [2.45, 2.75) is 20.0 Å². The van der Waals surface area contributed by atoms with Gasteiger partial charge in [0.1, 0.15) is 18.2 Å². The molecule has 6 nitrogen and oxygen atoms in total. The molecule has 7 heteroatoms. The van der Waals surface area contributed by atoms with Gasteiger partial charge in [0.05, 0.1) is 6.54 Å². The van der Waals surface area contributed by atoms with Gasteiger partial charge in [-0.2, -0.15) is 5.26 Å². The molecule has 0 aliphatic rings. The van der Waals surface area contributed by atoms with E-state index in [1.54, 1.807) is 19.1 Å². The van der Waals surface area contributed by atoms with Crippen LogP contribution in [0.4, 0.5) is 4.39 Å². The maximum Gasteiger partial charge on any atom is 0.331 e. The number of hydrogen-bond donors (Lipinski definition) is 0. The molecule has 1 aromatic heterocycles. The van der Waals surface area contributed by atoms with Crippen molar-refractivity contribution in [1.82, 2.24) is 9.13 Å². The van der Waals surface area contributed by atoms with Crippen LogP contribution < -0.4 is 16.0 Å². The van der Waals surface area contributed by atoms with Crippen molar-refractivity contribution < 1.29 is 9.13 Å². The second-order valence-electron chi connectivity index (χ2n) is 4.46. The maximum absolute atomic E-state index is 13.4. The molecule has 2 rings (SSSR count). The molecule has 0 saturated carbocycles. The van der Waals surface area contributed by atoms with Crippen LogP contribution in [0.1, 0.15) is 12.5 Å². The van der Waals surface area contributed by atoms with E-state index in [9.17, 15) is 14.0 Å². The lowest BCUT2D eigenvalue weighted by Gasteiger charge is -2.10. The fourth-order valence-corrected chi connectivity index (χ4v) is 1.96. The van der Waals surface area contributed by atoms with E-state index in [2.05, 4.69) is 0 Å². The fourth-order valence-electron chi connectivity index (χ4n) is 1.96. The fraction of sp³-hybridized carbons (Fsp3) is 0.267. The number of para-hydroxylation sites is 1. The Morgan fingerprint density at radius 3 is 2.68 bits per heavy atom. The van der Waals surface area contributed by atoms with Gasteiger partial charge in [0.2, 0.25) is 0 Å². The Morgan fingerprint density at radius 2 is 2.05 bits per heavy atom. The molecule has 0 unspecified atom stereocenters. The van der Waals surface area contributed by atoms with Gasteiger partial charge in [0, 0.05) is 12.7 Å². The SMILES string of the molecule is CCn1cc(C#N)c(=O)n(CCOc2ccccc2F)c1=O. The highest BCUT2D eigenvalue weighted by molar-refractivity contribution is 5.24. The van der Waals surface area contributed by atoms with Gasteiger partial charge in [-0.1, -0.05) is 12.1 Å². The number of rotatable bonds is 5. The van der Waals surface area contributed by atoms with Gasteiger partial charge >= 0.3 is 5.69 Å². The summed E-state index contributed by atoms with van der Waals surface area (Å²) in [6, 6.07) is 7.61. The van der Waals surface area contributed by atoms with Gasteiger partial charge in [0.25, 0.3) is 5.56 Å². The van der Waals surface area contributed by atoms with E-state index < -0.39 is 17.1 Å². The van der Waals surface area contributed by atoms with Crippen molar-refractivity contribution in [1.29, 1.82) is 5.26 Å². The summed E-state index contributed by atoms with van der Waals surface area (Å²) in [4.78, 5) is 24.1. The van der Waals surface area contributed by atoms with E-state index in [-0.39, 0.29) is 24.5 Å². The lowest BCUT2D eigenvalue weighted by atomic mass is 10.3. The second-order valence-corrected chi connectivity index (χ2v) is 4.46. The number of benzene rings is 1. The number of nitrogens with zero attached hydrogens (tertiary/aromatic N) is 3. The average Bonchev–Trinajstić information content (AvgIpc) is 2.52. The topological polar surface area (TPSA) is 77.0 Å². The van der Waals surface area contributed by atoms with Gasteiger partial charge in [-0.15, -0.1) is 0 Å². The van der Waals surface area contributed by atoms with Crippen LogP contribution in [0.15, 0.2) is 40.1 Å². The molecule has 0 amide bonds. The number of nitriles is 1. The van der Waals surface area contributed by atoms with Crippen LogP contribution in [0.25, 0.3) is 0 Å².